The van der Waals surface area contributed by atoms with E-state index in [0.717, 1.165) is 30.5 Å². The summed E-state index contributed by atoms with van der Waals surface area (Å²) in [5.74, 6) is 0. The van der Waals surface area contributed by atoms with Crippen LogP contribution in [0.3, 0.4) is 0 Å². The van der Waals surface area contributed by atoms with Crippen LogP contribution in [0.5, 0.6) is 0 Å². The number of hydrogen-bond donors (Lipinski definition) is 2. The van der Waals surface area contributed by atoms with E-state index in [1.807, 2.05) is 6.07 Å². The fraction of sp³-hybridized carbons (Fsp3) is 0.636. The Labute approximate surface area is 101 Å². The zero-order chi connectivity index (χ0) is 10.9. The Morgan fingerprint density at radius 2 is 2.00 bits per heavy atom. The van der Waals surface area contributed by atoms with Crippen molar-refractivity contribution >= 4 is 22.9 Å². The number of hydrogen-bond acceptors (Lipinski definition) is 3. The van der Waals surface area contributed by atoms with Crippen molar-refractivity contribution in [3.05, 3.63) is 21.3 Å². The lowest BCUT2D eigenvalue weighted by molar-refractivity contribution is 0.594. The highest BCUT2D eigenvalue weighted by molar-refractivity contribution is 7.16. The summed E-state index contributed by atoms with van der Waals surface area (Å²) in [6.07, 6.45) is 2.39. The normalized spacial score (nSPS) is 10.8. The van der Waals surface area contributed by atoms with Crippen molar-refractivity contribution in [1.29, 1.82) is 0 Å². The molecule has 2 nitrogen and oxygen atoms in total. The van der Waals surface area contributed by atoms with E-state index in [-0.39, 0.29) is 0 Å². The summed E-state index contributed by atoms with van der Waals surface area (Å²) in [6, 6.07) is 4.03. The average Bonchev–Trinajstić information content (AvgIpc) is 2.63. The van der Waals surface area contributed by atoms with Gasteiger partial charge in [-0.05, 0) is 44.6 Å². The third-order valence-electron chi connectivity index (χ3n) is 2.06. The fourth-order valence-electron chi connectivity index (χ4n) is 1.30. The number of thiophene rings is 1. The molecule has 0 bridgehead atoms. The van der Waals surface area contributed by atoms with Crippen LogP contribution >= 0.6 is 22.9 Å². The van der Waals surface area contributed by atoms with Gasteiger partial charge in [-0.25, -0.2) is 0 Å². The summed E-state index contributed by atoms with van der Waals surface area (Å²) >= 11 is 7.49. The Bertz CT molecular complexity index is 263. The van der Waals surface area contributed by atoms with Crippen LogP contribution in [-0.4, -0.2) is 19.6 Å². The first-order chi connectivity index (χ1) is 7.33. The first-order valence-corrected chi connectivity index (χ1v) is 6.68. The number of halogens is 1. The van der Waals surface area contributed by atoms with Gasteiger partial charge in [-0.15, -0.1) is 11.3 Å². The predicted molar refractivity (Wildman–Crippen MR) is 68.8 cm³/mol. The molecule has 0 radical (unpaired) electrons. The number of nitrogens with one attached hydrogen (secondary N) is 2. The molecule has 0 atom stereocenters. The molecular formula is C11H19ClN2S. The van der Waals surface area contributed by atoms with Crippen LogP contribution in [0.2, 0.25) is 4.34 Å². The third kappa shape index (κ3) is 6.15. The Morgan fingerprint density at radius 1 is 1.20 bits per heavy atom. The zero-order valence-corrected chi connectivity index (χ0v) is 10.8. The maximum Gasteiger partial charge on any atom is 0.0931 e. The minimum Gasteiger partial charge on any atom is -0.317 e. The van der Waals surface area contributed by atoms with E-state index in [4.69, 9.17) is 11.6 Å². The van der Waals surface area contributed by atoms with E-state index in [2.05, 4.69) is 23.6 Å². The second-order valence-corrected chi connectivity index (χ2v) is 5.29. The molecule has 0 aliphatic rings. The molecule has 1 heterocycles. The highest BCUT2D eigenvalue weighted by Crippen LogP contribution is 2.20. The molecule has 0 aliphatic heterocycles. The molecule has 0 spiro atoms. The molecule has 1 aromatic heterocycles. The van der Waals surface area contributed by atoms with E-state index in [0.29, 0.717) is 0 Å². The molecule has 2 N–H and O–H groups in total. The fourth-order valence-corrected chi connectivity index (χ4v) is 2.36. The molecule has 1 aromatic rings. The third-order valence-corrected chi connectivity index (χ3v) is 3.29. The second-order valence-electron chi connectivity index (χ2n) is 3.49. The van der Waals surface area contributed by atoms with Crippen LogP contribution in [0.4, 0.5) is 0 Å². The Hall–Kier alpha value is -0.0900. The van der Waals surface area contributed by atoms with Crippen molar-refractivity contribution in [3.8, 4) is 0 Å². The molecule has 0 amide bonds. The summed E-state index contributed by atoms with van der Waals surface area (Å²) in [4.78, 5) is 1.31. The Morgan fingerprint density at radius 3 is 2.67 bits per heavy atom. The van der Waals surface area contributed by atoms with Crippen LogP contribution < -0.4 is 10.6 Å². The first-order valence-electron chi connectivity index (χ1n) is 5.48. The van der Waals surface area contributed by atoms with Crippen LogP contribution in [0.1, 0.15) is 24.6 Å². The summed E-state index contributed by atoms with van der Waals surface area (Å²) in [7, 11) is 0. The molecule has 15 heavy (non-hydrogen) atoms. The SMILES string of the molecule is CCCNCCCNCc1ccc(Cl)s1. The summed E-state index contributed by atoms with van der Waals surface area (Å²) < 4.78 is 0.872. The van der Waals surface area contributed by atoms with Gasteiger partial charge in [-0.1, -0.05) is 18.5 Å². The Kier molecular flexibility index (Phi) is 7.01. The van der Waals surface area contributed by atoms with Gasteiger partial charge in [0.15, 0.2) is 0 Å². The van der Waals surface area contributed by atoms with Gasteiger partial charge in [0.2, 0.25) is 0 Å². The van der Waals surface area contributed by atoms with Gasteiger partial charge >= 0.3 is 0 Å². The van der Waals surface area contributed by atoms with E-state index < -0.39 is 0 Å². The molecule has 0 saturated carbocycles. The second kappa shape index (κ2) is 8.11. The lowest BCUT2D eigenvalue weighted by Crippen LogP contribution is -2.21. The maximum absolute atomic E-state index is 5.84. The summed E-state index contributed by atoms with van der Waals surface area (Å²) in [6.45, 7) is 6.41. The molecule has 0 unspecified atom stereocenters. The van der Waals surface area contributed by atoms with Gasteiger partial charge in [0.05, 0.1) is 4.34 Å². The average molecular weight is 247 g/mol. The molecule has 0 fully saturated rings. The van der Waals surface area contributed by atoms with Gasteiger partial charge in [0.25, 0.3) is 0 Å². The Balaban J connectivity index is 1.93. The van der Waals surface area contributed by atoms with Crippen molar-refractivity contribution in [2.75, 3.05) is 19.6 Å². The molecule has 0 aromatic carbocycles. The lowest BCUT2D eigenvalue weighted by Gasteiger charge is -2.04. The molecule has 86 valence electrons. The largest absolute Gasteiger partial charge is 0.317 e. The number of rotatable bonds is 8. The molecule has 4 heteroatoms. The van der Waals surface area contributed by atoms with Crippen molar-refractivity contribution in [2.24, 2.45) is 0 Å². The van der Waals surface area contributed by atoms with Gasteiger partial charge < -0.3 is 10.6 Å². The molecule has 1 rings (SSSR count). The van der Waals surface area contributed by atoms with E-state index in [1.165, 1.54) is 17.7 Å². The molecular weight excluding hydrogens is 228 g/mol. The van der Waals surface area contributed by atoms with Crippen molar-refractivity contribution in [1.82, 2.24) is 10.6 Å². The van der Waals surface area contributed by atoms with Crippen LogP contribution in [-0.2, 0) is 6.54 Å². The molecule has 0 saturated heterocycles. The summed E-state index contributed by atoms with van der Waals surface area (Å²) in [5.41, 5.74) is 0. The van der Waals surface area contributed by atoms with Crippen molar-refractivity contribution in [3.63, 3.8) is 0 Å². The molecule has 0 aliphatic carbocycles. The highest BCUT2D eigenvalue weighted by atomic mass is 35.5. The first kappa shape index (κ1) is 13.0. The quantitative estimate of drug-likeness (QED) is 0.690. The zero-order valence-electron chi connectivity index (χ0n) is 9.18. The van der Waals surface area contributed by atoms with Gasteiger partial charge in [-0.3, -0.25) is 0 Å². The van der Waals surface area contributed by atoms with Crippen LogP contribution in [0, 0.1) is 0 Å². The van der Waals surface area contributed by atoms with Gasteiger partial charge in [-0.2, -0.15) is 0 Å². The predicted octanol–water partition coefficient (Wildman–Crippen LogP) is 2.88. The van der Waals surface area contributed by atoms with Crippen molar-refractivity contribution < 1.29 is 0 Å². The highest BCUT2D eigenvalue weighted by Gasteiger charge is 1.96. The van der Waals surface area contributed by atoms with Gasteiger partial charge in [0, 0.05) is 11.4 Å². The van der Waals surface area contributed by atoms with E-state index in [1.54, 1.807) is 11.3 Å². The topological polar surface area (TPSA) is 24.1 Å². The van der Waals surface area contributed by atoms with Crippen LogP contribution in [0.15, 0.2) is 12.1 Å². The van der Waals surface area contributed by atoms with Crippen molar-refractivity contribution in [2.45, 2.75) is 26.3 Å². The minimum absolute atomic E-state index is 0.872. The monoisotopic (exact) mass is 246 g/mol. The van der Waals surface area contributed by atoms with E-state index >= 15 is 0 Å². The smallest absolute Gasteiger partial charge is 0.0931 e. The van der Waals surface area contributed by atoms with Gasteiger partial charge in [0.1, 0.15) is 0 Å². The minimum atomic E-state index is 0.872. The van der Waals surface area contributed by atoms with Crippen LogP contribution in [0.25, 0.3) is 0 Å². The maximum atomic E-state index is 5.84. The summed E-state index contributed by atoms with van der Waals surface area (Å²) in [5, 5.41) is 6.78. The standard InChI is InChI=1S/C11H19ClN2S/c1-2-6-13-7-3-8-14-9-10-4-5-11(12)15-10/h4-5,13-14H,2-3,6-9H2,1H3. The lowest BCUT2D eigenvalue weighted by atomic mass is 10.4. The van der Waals surface area contributed by atoms with E-state index in [9.17, 15) is 0 Å².